The molecule has 0 aliphatic carbocycles. The van der Waals surface area contributed by atoms with Gasteiger partial charge < -0.3 is 15.4 Å². The molecular weight excluding hydrogens is 180 g/mol. The van der Waals surface area contributed by atoms with Crippen LogP contribution < -0.4 is 5.73 Å². The van der Waals surface area contributed by atoms with Gasteiger partial charge in [0.25, 0.3) is 0 Å². The number of carbonyl (C=O) groups is 1. The fourth-order valence-corrected chi connectivity index (χ4v) is 1.74. The summed E-state index contributed by atoms with van der Waals surface area (Å²) in [7, 11) is 1.69. The van der Waals surface area contributed by atoms with Crippen LogP contribution in [0.1, 0.15) is 26.2 Å². The molecule has 1 fully saturated rings. The molecule has 1 unspecified atom stereocenters. The van der Waals surface area contributed by atoms with Crippen LogP contribution in [0.3, 0.4) is 0 Å². The maximum atomic E-state index is 11.7. The highest BCUT2D eigenvalue weighted by molar-refractivity contribution is 5.81. The highest BCUT2D eigenvalue weighted by Gasteiger charge is 2.25. The molecule has 1 saturated heterocycles. The predicted molar refractivity (Wildman–Crippen MR) is 54.9 cm³/mol. The number of methoxy groups -OCH3 is 1. The Kier molecular flexibility index (Phi) is 4.35. The monoisotopic (exact) mass is 200 g/mol. The lowest BCUT2D eigenvalue weighted by molar-refractivity contribution is -0.136. The zero-order valence-electron chi connectivity index (χ0n) is 9.03. The van der Waals surface area contributed by atoms with E-state index in [0.717, 1.165) is 19.4 Å². The summed E-state index contributed by atoms with van der Waals surface area (Å²) in [5.41, 5.74) is 5.70. The molecule has 1 amide bonds. The average Bonchev–Trinajstić information content (AvgIpc) is 2.27. The quantitative estimate of drug-likeness (QED) is 0.715. The number of hydrogen-bond acceptors (Lipinski definition) is 3. The fraction of sp³-hybridized carbons (Fsp3) is 0.900. The lowest BCUT2D eigenvalue weighted by Gasteiger charge is -2.33. The Morgan fingerprint density at radius 2 is 2.43 bits per heavy atom. The van der Waals surface area contributed by atoms with E-state index in [-0.39, 0.29) is 18.1 Å². The van der Waals surface area contributed by atoms with E-state index in [1.165, 1.54) is 0 Å². The molecule has 0 aromatic rings. The van der Waals surface area contributed by atoms with Gasteiger partial charge in [-0.05, 0) is 19.3 Å². The number of likely N-dealkylation sites (tertiary alicyclic amines) is 1. The predicted octanol–water partition coefficient (Wildman–Crippen LogP) is 0.361. The van der Waals surface area contributed by atoms with E-state index in [1.807, 2.05) is 11.8 Å². The molecule has 1 aliphatic rings. The van der Waals surface area contributed by atoms with Gasteiger partial charge in [0, 0.05) is 20.2 Å². The van der Waals surface area contributed by atoms with Crippen LogP contribution in [0.2, 0.25) is 0 Å². The van der Waals surface area contributed by atoms with Crippen LogP contribution >= 0.6 is 0 Å². The molecule has 0 spiro atoms. The van der Waals surface area contributed by atoms with E-state index in [1.54, 1.807) is 7.11 Å². The van der Waals surface area contributed by atoms with Crippen LogP contribution in [0.4, 0.5) is 0 Å². The molecule has 0 bridgehead atoms. The molecule has 14 heavy (non-hydrogen) atoms. The molecular formula is C10H20N2O2. The molecule has 2 atom stereocenters. The molecule has 2 N–H and O–H groups in total. The lowest BCUT2D eigenvalue weighted by atomic mass is 10.1. The smallest absolute Gasteiger partial charge is 0.239 e. The summed E-state index contributed by atoms with van der Waals surface area (Å²) in [5.74, 6) is 0.0641. The van der Waals surface area contributed by atoms with Crippen LogP contribution in [0, 0.1) is 0 Å². The van der Waals surface area contributed by atoms with Gasteiger partial charge in [0.1, 0.15) is 0 Å². The van der Waals surface area contributed by atoms with Crippen LogP contribution in [0.5, 0.6) is 0 Å². The number of nitrogens with zero attached hydrogens (tertiary/aromatic N) is 1. The molecule has 0 aromatic heterocycles. The summed E-state index contributed by atoms with van der Waals surface area (Å²) in [5, 5.41) is 0. The topological polar surface area (TPSA) is 55.6 Å². The average molecular weight is 200 g/mol. The molecule has 4 nitrogen and oxygen atoms in total. The van der Waals surface area contributed by atoms with E-state index in [0.29, 0.717) is 13.0 Å². The number of carbonyl (C=O) groups excluding carboxylic acids is 1. The van der Waals surface area contributed by atoms with Gasteiger partial charge in [-0.25, -0.2) is 0 Å². The van der Waals surface area contributed by atoms with E-state index >= 15 is 0 Å². The molecule has 0 saturated carbocycles. The van der Waals surface area contributed by atoms with Gasteiger partial charge in [-0.3, -0.25) is 4.79 Å². The van der Waals surface area contributed by atoms with Crippen LogP contribution in [0.15, 0.2) is 0 Å². The Labute approximate surface area is 85.4 Å². The minimum Gasteiger partial charge on any atom is -0.380 e. The van der Waals surface area contributed by atoms with Crippen LogP contribution in [-0.4, -0.2) is 43.2 Å². The van der Waals surface area contributed by atoms with Crippen molar-refractivity contribution in [1.29, 1.82) is 0 Å². The van der Waals surface area contributed by atoms with Crippen molar-refractivity contribution in [1.82, 2.24) is 4.90 Å². The largest absolute Gasteiger partial charge is 0.380 e. The van der Waals surface area contributed by atoms with Gasteiger partial charge in [0.15, 0.2) is 0 Å². The van der Waals surface area contributed by atoms with E-state index in [2.05, 4.69) is 0 Å². The second-order valence-corrected chi connectivity index (χ2v) is 3.80. The second-order valence-electron chi connectivity index (χ2n) is 3.80. The standard InChI is InChI=1S/C10H20N2O2/c1-3-9(11)10(13)12-6-4-5-8(7-12)14-2/h8-9H,3-7,11H2,1-2H3/t8?,9-/m0/s1. The van der Waals surface area contributed by atoms with Crippen molar-refractivity contribution in [2.45, 2.75) is 38.3 Å². The normalized spacial score (nSPS) is 24.8. The lowest BCUT2D eigenvalue weighted by Crippen LogP contribution is -2.49. The minimum atomic E-state index is -0.342. The first-order valence-electron chi connectivity index (χ1n) is 5.26. The second kappa shape index (κ2) is 5.32. The number of amides is 1. The molecule has 4 heteroatoms. The van der Waals surface area contributed by atoms with Crippen molar-refractivity contribution in [2.75, 3.05) is 20.2 Å². The van der Waals surface area contributed by atoms with Gasteiger partial charge >= 0.3 is 0 Å². The first-order chi connectivity index (χ1) is 6.69. The number of piperidine rings is 1. The highest BCUT2D eigenvalue weighted by Crippen LogP contribution is 2.13. The number of rotatable bonds is 3. The first kappa shape index (κ1) is 11.5. The van der Waals surface area contributed by atoms with Crippen molar-refractivity contribution in [3.8, 4) is 0 Å². The van der Waals surface area contributed by atoms with Gasteiger partial charge in [-0.15, -0.1) is 0 Å². The summed E-state index contributed by atoms with van der Waals surface area (Å²) in [6, 6.07) is -0.342. The van der Waals surface area contributed by atoms with Gasteiger partial charge in [0.2, 0.25) is 5.91 Å². The van der Waals surface area contributed by atoms with E-state index in [9.17, 15) is 4.79 Å². The Morgan fingerprint density at radius 3 is 3.00 bits per heavy atom. The Bertz CT molecular complexity index is 197. The van der Waals surface area contributed by atoms with Crippen LogP contribution in [0.25, 0.3) is 0 Å². The van der Waals surface area contributed by atoms with Gasteiger partial charge in [0.05, 0.1) is 12.1 Å². The SMILES string of the molecule is CC[C@H](N)C(=O)N1CCCC(OC)C1. The Hall–Kier alpha value is -0.610. The summed E-state index contributed by atoms with van der Waals surface area (Å²) >= 11 is 0. The zero-order chi connectivity index (χ0) is 10.6. The molecule has 82 valence electrons. The number of hydrogen-bond donors (Lipinski definition) is 1. The Morgan fingerprint density at radius 1 is 1.71 bits per heavy atom. The molecule has 1 aliphatic heterocycles. The van der Waals surface area contributed by atoms with Gasteiger partial charge in [-0.2, -0.15) is 0 Å². The highest BCUT2D eigenvalue weighted by atomic mass is 16.5. The first-order valence-corrected chi connectivity index (χ1v) is 5.26. The van der Waals surface area contributed by atoms with Crippen molar-refractivity contribution in [2.24, 2.45) is 5.73 Å². The van der Waals surface area contributed by atoms with Crippen molar-refractivity contribution in [3.63, 3.8) is 0 Å². The van der Waals surface area contributed by atoms with Crippen molar-refractivity contribution < 1.29 is 9.53 Å². The number of nitrogens with two attached hydrogens (primary N) is 1. The molecule has 0 radical (unpaired) electrons. The van der Waals surface area contributed by atoms with E-state index in [4.69, 9.17) is 10.5 Å². The summed E-state index contributed by atoms with van der Waals surface area (Å²) in [6.07, 6.45) is 2.95. The third-order valence-corrected chi connectivity index (χ3v) is 2.78. The molecule has 1 rings (SSSR count). The third kappa shape index (κ3) is 2.69. The summed E-state index contributed by atoms with van der Waals surface area (Å²) in [4.78, 5) is 13.6. The van der Waals surface area contributed by atoms with Crippen LogP contribution in [-0.2, 0) is 9.53 Å². The molecule has 1 heterocycles. The number of ether oxygens (including phenoxy) is 1. The minimum absolute atomic E-state index is 0.0641. The zero-order valence-corrected chi connectivity index (χ0v) is 9.03. The van der Waals surface area contributed by atoms with Crippen molar-refractivity contribution in [3.05, 3.63) is 0 Å². The van der Waals surface area contributed by atoms with Gasteiger partial charge in [-0.1, -0.05) is 6.92 Å². The maximum absolute atomic E-state index is 11.7. The maximum Gasteiger partial charge on any atom is 0.239 e. The molecule has 0 aromatic carbocycles. The Balaban J connectivity index is 2.47. The summed E-state index contributed by atoms with van der Waals surface area (Å²) < 4.78 is 5.25. The van der Waals surface area contributed by atoms with E-state index < -0.39 is 0 Å². The fourth-order valence-electron chi connectivity index (χ4n) is 1.74. The third-order valence-electron chi connectivity index (χ3n) is 2.78. The summed E-state index contributed by atoms with van der Waals surface area (Å²) in [6.45, 7) is 3.45. The van der Waals surface area contributed by atoms with Crippen molar-refractivity contribution >= 4 is 5.91 Å².